The van der Waals surface area contributed by atoms with Crippen molar-refractivity contribution in [2.75, 3.05) is 26.2 Å². The predicted molar refractivity (Wildman–Crippen MR) is 107 cm³/mol. The van der Waals surface area contributed by atoms with E-state index in [-0.39, 0.29) is 0 Å². The van der Waals surface area contributed by atoms with Gasteiger partial charge in [0.25, 0.3) is 0 Å². The van der Waals surface area contributed by atoms with Gasteiger partial charge in [-0.2, -0.15) is 0 Å². The van der Waals surface area contributed by atoms with Gasteiger partial charge in [0.1, 0.15) is 18.2 Å². The highest BCUT2D eigenvalue weighted by atomic mass is 16.5. The molecule has 3 rings (SSSR count). The van der Waals surface area contributed by atoms with Crippen LogP contribution in [0.15, 0.2) is 52.1 Å². The Morgan fingerprint density at radius 1 is 1.22 bits per heavy atom. The second kappa shape index (κ2) is 10.4. The first-order valence-electron chi connectivity index (χ1n) is 9.41. The second-order valence-electron chi connectivity index (χ2n) is 6.12. The summed E-state index contributed by atoms with van der Waals surface area (Å²) in [5, 5.41) is 6.61. The van der Waals surface area contributed by atoms with Gasteiger partial charge < -0.3 is 24.8 Å². The summed E-state index contributed by atoms with van der Waals surface area (Å²) >= 11 is 0. The molecule has 0 spiro atoms. The molecule has 0 fully saturated rings. The van der Waals surface area contributed by atoms with Crippen LogP contribution in [0.5, 0.6) is 0 Å². The normalized spacial score (nSPS) is 11.8. The topological polar surface area (TPSA) is 87.5 Å². The molecule has 0 aliphatic heterocycles. The van der Waals surface area contributed by atoms with Crippen molar-refractivity contribution in [3.05, 3.63) is 54.2 Å². The molecule has 0 saturated heterocycles. The fraction of sp³-hybridized carbons (Fsp3) is 0.400. The lowest BCUT2D eigenvalue weighted by Gasteiger charge is -2.10. The minimum Gasteiger partial charge on any atom is -0.467 e. The third kappa shape index (κ3) is 6.14. The standard InChI is InChI=1S/C20H27N5O2/c1-2-21-20(22-11-6-13-26-15-16-7-5-14-27-16)23-12-10-19-24-17-8-3-4-9-18(17)25-19/h3-5,7-9,14H,2,6,10-13,15H2,1H3,(H,24,25)(H2,21,22,23). The number of imidazole rings is 1. The maximum Gasteiger partial charge on any atom is 0.191 e. The summed E-state index contributed by atoms with van der Waals surface area (Å²) in [5.74, 6) is 2.64. The zero-order valence-corrected chi connectivity index (χ0v) is 15.7. The Balaban J connectivity index is 1.36. The quantitative estimate of drug-likeness (QED) is 0.291. The molecule has 7 nitrogen and oxygen atoms in total. The van der Waals surface area contributed by atoms with E-state index in [1.165, 1.54) is 0 Å². The summed E-state index contributed by atoms with van der Waals surface area (Å²) in [5.41, 5.74) is 2.07. The van der Waals surface area contributed by atoms with E-state index in [2.05, 4.69) is 32.5 Å². The van der Waals surface area contributed by atoms with Crippen molar-refractivity contribution < 1.29 is 9.15 Å². The molecule has 0 aliphatic carbocycles. The van der Waals surface area contributed by atoms with Gasteiger partial charge in [-0.3, -0.25) is 4.99 Å². The summed E-state index contributed by atoms with van der Waals surface area (Å²) in [6.45, 7) is 5.52. The number of nitrogens with one attached hydrogen (secondary N) is 3. The first-order valence-corrected chi connectivity index (χ1v) is 9.41. The number of aliphatic imine (C=N–C) groups is 1. The lowest BCUT2D eigenvalue weighted by Crippen LogP contribution is -2.38. The largest absolute Gasteiger partial charge is 0.467 e. The van der Waals surface area contributed by atoms with E-state index >= 15 is 0 Å². The molecule has 1 aromatic carbocycles. The van der Waals surface area contributed by atoms with E-state index in [1.54, 1.807) is 6.26 Å². The van der Waals surface area contributed by atoms with Crippen molar-refractivity contribution in [2.24, 2.45) is 4.99 Å². The third-order valence-electron chi connectivity index (χ3n) is 3.98. The highest BCUT2D eigenvalue weighted by Crippen LogP contribution is 2.10. The van der Waals surface area contributed by atoms with Gasteiger partial charge in [-0.05, 0) is 37.6 Å². The van der Waals surface area contributed by atoms with Crippen LogP contribution in [-0.2, 0) is 17.8 Å². The summed E-state index contributed by atoms with van der Waals surface area (Å²) < 4.78 is 10.8. The molecule has 0 saturated carbocycles. The van der Waals surface area contributed by atoms with E-state index in [1.807, 2.05) is 36.4 Å². The van der Waals surface area contributed by atoms with Crippen molar-refractivity contribution in [3.8, 4) is 0 Å². The van der Waals surface area contributed by atoms with E-state index in [0.717, 1.165) is 54.5 Å². The number of nitrogens with zero attached hydrogens (tertiary/aromatic N) is 2. The molecule has 2 aromatic heterocycles. The van der Waals surface area contributed by atoms with E-state index < -0.39 is 0 Å². The Morgan fingerprint density at radius 3 is 2.96 bits per heavy atom. The van der Waals surface area contributed by atoms with Crippen molar-refractivity contribution in [1.82, 2.24) is 20.6 Å². The molecule has 0 unspecified atom stereocenters. The van der Waals surface area contributed by atoms with Crippen LogP contribution in [0.3, 0.4) is 0 Å². The van der Waals surface area contributed by atoms with Crippen molar-refractivity contribution in [1.29, 1.82) is 0 Å². The Labute approximate surface area is 159 Å². The second-order valence-corrected chi connectivity index (χ2v) is 6.12. The lowest BCUT2D eigenvalue weighted by molar-refractivity contribution is 0.105. The Morgan fingerprint density at radius 2 is 2.15 bits per heavy atom. The SMILES string of the molecule is CCNC(=NCCCOCc1ccco1)NCCc1nc2ccccc2[nH]1. The van der Waals surface area contributed by atoms with Crippen LogP contribution < -0.4 is 10.6 Å². The smallest absolute Gasteiger partial charge is 0.191 e. The van der Waals surface area contributed by atoms with Crippen molar-refractivity contribution in [3.63, 3.8) is 0 Å². The summed E-state index contributed by atoms with van der Waals surface area (Å²) in [6.07, 6.45) is 3.33. The highest BCUT2D eigenvalue weighted by molar-refractivity contribution is 5.79. The minimum absolute atomic E-state index is 0.506. The van der Waals surface area contributed by atoms with Gasteiger partial charge >= 0.3 is 0 Å². The summed E-state index contributed by atoms with van der Waals surface area (Å²) in [7, 11) is 0. The number of H-pyrrole nitrogens is 1. The van der Waals surface area contributed by atoms with E-state index in [9.17, 15) is 0 Å². The monoisotopic (exact) mass is 369 g/mol. The Bertz CT molecular complexity index is 793. The molecule has 2 heterocycles. The van der Waals surface area contributed by atoms with Gasteiger partial charge in [-0.25, -0.2) is 4.98 Å². The number of aromatic nitrogens is 2. The van der Waals surface area contributed by atoms with Crippen LogP contribution >= 0.6 is 0 Å². The van der Waals surface area contributed by atoms with E-state index in [4.69, 9.17) is 9.15 Å². The average molecular weight is 369 g/mol. The molecule has 7 heteroatoms. The number of rotatable bonds is 10. The molecule has 3 N–H and O–H groups in total. The molecule has 27 heavy (non-hydrogen) atoms. The van der Waals surface area contributed by atoms with Crippen LogP contribution in [0.4, 0.5) is 0 Å². The molecule has 0 amide bonds. The van der Waals surface area contributed by atoms with Crippen molar-refractivity contribution >= 4 is 17.0 Å². The van der Waals surface area contributed by atoms with Gasteiger partial charge in [-0.15, -0.1) is 0 Å². The number of hydrogen-bond acceptors (Lipinski definition) is 4. The zero-order chi connectivity index (χ0) is 18.7. The molecule has 0 radical (unpaired) electrons. The highest BCUT2D eigenvalue weighted by Gasteiger charge is 2.03. The Kier molecular flexibility index (Phi) is 7.29. The van der Waals surface area contributed by atoms with Gasteiger partial charge in [0.05, 0.1) is 17.3 Å². The molecular weight excluding hydrogens is 342 g/mol. The molecule has 3 aromatic rings. The van der Waals surface area contributed by atoms with Gasteiger partial charge in [0, 0.05) is 32.7 Å². The molecule has 0 aliphatic rings. The maximum atomic E-state index is 5.57. The van der Waals surface area contributed by atoms with Gasteiger partial charge in [0.15, 0.2) is 5.96 Å². The van der Waals surface area contributed by atoms with Crippen LogP contribution in [0.25, 0.3) is 11.0 Å². The number of ether oxygens (including phenoxy) is 1. The fourth-order valence-electron chi connectivity index (χ4n) is 2.69. The molecule has 0 bridgehead atoms. The van der Waals surface area contributed by atoms with Gasteiger partial charge in [-0.1, -0.05) is 12.1 Å². The van der Waals surface area contributed by atoms with E-state index in [0.29, 0.717) is 19.8 Å². The van der Waals surface area contributed by atoms with Crippen molar-refractivity contribution in [2.45, 2.75) is 26.4 Å². The first kappa shape index (κ1) is 19.0. The molecule has 0 atom stereocenters. The number of guanidine groups is 1. The number of benzene rings is 1. The van der Waals surface area contributed by atoms with Crippen LogP contribution in [-0.4, -0.2) is 42.2 Å². The van der Waals surface area contributed by atoms with Crippen LogP contribution in [0, 0.1) is 0 Å². The number of hydrogen-bond donors (Lipinski definition) is 3. The molecule has 144 valence electrons. The first-order chi connectivity index (χ1) is 13.3. The van der Waals surface area contributed by atoms with Crippen LogP contribution in [0.2, 0.25) is 0 Å². The number of fused-ring (bicyclic) bond motifs is 1. The number of aromatic amines is 1. The van der Waals surface area contributed by atoms with Crippen LogP contribution in [0.1, 0.15) is 24.9 Å². The number of furan rings is 1. The lowest BCUT2D eigenvalue weighted by atomic mass is 10.3. The minimum atomic E-state index is 0.506. The Hall–Kier alpha value is -2.80. The third-order valence-corrected chi connectivity index (χ3v) is 3.98. The average Bonchev–Trinajstić information content (AvgIpc) is 3.33. The fourth-order valence-corrected chi connectivity index (χ4v) is 2.69. The number of para-hydroxylation sites is 2. The predicted octanol–water partition coefficient (Wildman–Crippen LogP) is 2.86. The van der Waals surface area contributed by atoms with Gasteiger partial charge in [0.2, 0.25) is 0 Å². The molecular formula is C20H27N5O2. The maximum absolute atomic E-state index is 5.57. The zero-order valence-electron chi connectivity index (χ0n) is 15.7. The summed E-state index contributed by atoms with van der Waals surface area (Å²) in [4.78, 5) is 12.5. The summed E-state index contributed by atoms with van der Waals surface area (Å²) in [6, 6.07) is 11.8.